The average molecular weight is 240 g/mol. The first-order chi connectivity index (χ1) is 8.24. The van der Waals surface area contributed by atoms with Gasteiger partial charge in [-0.15, -0.1) is 0 Å². The highest BCUT2D eigenvalue weighted by molar-refractivity contribution is 4.87. The van der Waals surface area contributed by atoms with Crippen LogP contribution in [0, 0.1) is 17.8 Å². The normalized spacial score (nSPS) is 43.6. The molecule has 2 rings (SSSR count). The van der Waals surface area contributed by atoms with Crippen LogP contribution in [0.2, 0.25) is 0 Å². The third-order valence-electron chi connectivity index (χ3n) is 5.15. The molecule has 2 nitrogen and oxygen atoms in total. The summed E-state index contributed by atoms with van der Waals surface area (Å²) in [6, 6.07) is 0. The molecule has 0 amide bonds. The molecule has 5 unspecified atom stereocenters. The van der Waals surface area contributed by atoms with E-state index in [2.05, 4.69) is 6.92 Å². The van der Waals surface area contributed by atoms with Gasteiger partial charge in [0, 0.05) is 7.11 Å². The SMILES string of the molecule is CCC1CCC(O)C(C2CCCC(OC)C2)C1. The van der Waals surface area contributed by atoms with E-state index >= 15 is 0 Å². The Labute approximate surface area is 106 Å². The first-order valence-electron chi connectivity index (χ1n) is 7.45. The van der Waals surface area contributed by atoms with Gasteiger partial charge in [-0.3, -0.25) is 0 Å². The minimum atomic E-state index is -0.0431. The van der Waals surface area contributed by atoms with Crippen LogP contribution in [0.25, 0.3) is 0 Å². The molecule has 0 aromatic carbocycles. The molecule has 1 N–H and O–H groups in total. The highest BCUT2D eigenvalue weighted by Crippen LogP contribution is 2.41. The zero-order chi connectivity index (χ0) is 12.3. The highest BCUT2D eigenvalue weighted by Gasteiger charge is 2.36. The zero-order valence-electron chi connectivity index (χ0n) is 11.4. The lowest BCUT2D eigenvalue weighted by Crippen LogP contribution is -2.37. The molecule has 5 atom stereocenters. The Balaban J connectivity index is 1.94. The lowest BCUT2D eigenvalue weighted by molar-refractivity contribution is -0.0244. The van der Waals surface area contributed by atoms with Gasteiger partial charge in [0.15, 0.2) is 0 Å². The number of hydrogen-bond donors (Lipinski definition) is 1. The number of rotatable bonds is 3. The summed E-state index contributed by atoms with van der Waals surface area (Å²) in [6.07, 6.45) is 10.2. The molecular weight excluding hydrogens is 212 g/mol. The maximum Gasteiger partial charge on any atom is 0.0574 e. The van der Waals surface area contributed by atoms with Gasteiger partial charge in [0.05, 0.1) is 12.2 Å². The van der Waals surface area contributed by atoms with Crippen LogP contribution in [-0.4, -0.2) is 24.4 Å². The summed E-state index contributed by atoms with van der Waals surface area (Å²) in [7, 11) is 1.83. The predicted octanol–water partition coefficient (Wildman–Crippen LogP) is 3.38. The van der Waals surface area contributed by atoms with Gasteiger partial charge in [-0.05, 0) is 56.3 Å². The fourth-order valence-corrected chi connectivity index (χ4v) is 3.94. The first-order valence-corrected chi connectivity index (χ1v) is 7.45. The number of methoxy groups -OCH3 is 1. The second kappa shape index (κ2) is 6.19. The molecule has 2 saturated carbocycles. The Kier molecular flexibility index (Phi) is 4.87. The van der Waals surface area contributed by atoms with Crippen LogP contribution in [0.5, 0.6) is 0 Å². The fourth-order valence-electron chi connectivity index (χ4n) is 3.94. The van der Waals surface area contributed by atoms with Crippen molar-refractivity contribution in [1.29, 1.82) is 0 Å². The maximum absolute atomic E-state index is 10.3. The monoisotopic (exact) mass is 240 g/mol. The van der Waals surface area contributed by atoms with Crippen molar-refractivity contribution in [1.82, 2.24) is 0 Å². The predicted molar refractivity (Wildman–Crippen MR) is 69.9 cm³/mol. The van der Waals surface area contributed by atoms with Gasteiger partial charge in [0.25, 0.3) is 0 Å². The van der Waals surface area contributed by atoms with Crippen LogP contribution in [0.3, 0.4) is 0 Å². The second-order valence-electron chi connectivity index (χ2n) is 6.10. The van der Waals surface area contributed by atoms with Crippen LogP contribution in [0.15, 0.2) is 0 Å². The largest absolute Gasteiger partial charge is 0.393 e. The van der Waals surface area contributed by atoms with E-state index < -0.39 is 0 Å². The lowest BCUT2D eigenvalue weighted by Gasteiger charge is -2.41. The summed E-state index contributed by atoms with van der Waals surface area (Å²) in [5.74, 6) is 2.11. The quantitative estimate of drug-likeness (QED) is 0.819. The molecule has 0 radical (unpaired) electrons. The topological polar surface area (TPSA) is 29.5 Å². The molecule has 0 aliphatic heterocycles. The van der Waals surface area contributed by atoms with Gasteiger partial charge in [0.1, 0.15) is 0 Å². The Morgan fingerprint density at radius 3 is 2.65 bits per heavy atom. The molecule has 0 aromatic rings. The molecule has 0 spiro atoms. The smallest absolute Gasteiger partial charge is 0.0574 e. The molecule has 0 bridgehead atoms. The maximum atomic E-state index is 10.3. The third-order valence-corrected chi connectivity index (χ3v) is 5.15. The van der Waals surface area contributed by atoms with Crippen LogP contribution >= 0.6 is 0 Å². The van der Waals surface area contributed by atoms with E-state index in [9.17, 15) is 5.11 Å². The van der Waals surface area contributed by atoms with E-state index in [0.29, 0.717) is 17.9 Å². The van der Waals surface area contributed by atoms with Crippen molar-refractivity contribution in [2.24, 2.45) is 17.8 Å². The van der Waals surface area contributed by atoms with E-state index in [1.54, 1.807) is 0 Å². The summed E-state index contributed by atoms with van der Waals surface area (Å²) in [4.78, 5) is 0. The molecule has 0 saturated heterocycles. The molecule has 0 heterocycles. The minimum absolute atomic E-state index is 0.0431. The van der Waals surface area contributed by atoms with Crippen molar-refractivity contribution in [3.05, 3.63) is 0 Å². The van der Waals surface area contributed by atoms with Crippen molar-refractivity contribution < 1.29 is 9.84 Å². The molecule has 17 heavy (non-hydrogen) atoms. The van der Waals surface area contributed by atoms with E-state index in [1.807, 2.05) is 7.11 Å². The second-order valence-corrected chi connectivity index (χ2v) is 6.10. The van der Waals surface area contributed by atoms with E-state index in [4.69, 9.17) is 4.74 Å². The number of ether oxygens (including phenoxy) is 1. The fraction of sp³-hybridized carbons (Fsp3) is 1.00. The van der Waals surface area contributed by atoms with Crippen LogP contribution in [0.4, 0.5) is 0 Å². The molecule has 0 aromatic heterocycles. The van der Waals surface area contributed by atoms with Gasteiger partial charge < -0.3 is 9.84 Å². The summed E-state index contributed by atoms with van der Waals surface area (Å²) in [5, 5.41) is 10.3. The van der Waals surface area contributed by atoms with Gasteiger partial charge in [-0.1, -0.05) is 19.8 Å². The van der Waals surface area contributed by atoms with Crippen LogP contribution in [0.1, 0.15) is 58.3 Å². The Morgan fingerprint density at radius 2 is 1.94 bits per heavy atom. The summed E-state index contributed by atoms with van der Waals surface area (Å²) in [6.45, 7) is 2.29. The minimum Gasteiger partial charge on any atom is -0.393 e. The van der Waals surface area contributed by atoms with Gasteiger partial charge in [-0.25, -0.2) is 0 Å². The average Bonchev–Trinajstić information content (AvgIpc) is 2.39. The van der Waals surface area contributed by atoms with Crippen LogP contribution in [-0.2, 0) is 4.74 Å². The van der Waals surface area contributed by atoms with E-state index in [-0.39, 0.29) is 6.10 Å². The molecule has 100 valence electrons. The highest BCUT2D eigenvalue weighted by atomic mass is 16.5. The Hall–Kier alpha value is -0.0800. The van der Waals surface area contributed by atoms with Crippen molar-refractivity contribution >= 4 is 0 Å². The van der Waals surface area contributed by atoms with Crippen molar-refractivity contribution in [3.8, 4) is 0 Å². The molecule has 2 aliphatic rings. The number of aliphatic hydroxyl groups is 1. The van der Waals surface area contributed by atoms with Gasteiger partial charge in [0.2, 0.25) is 0 Å². The third kappa shape index (κ3) is 3.23. The molecular formula is C15H28O2. The molecule has 2 heteroatoms. The number of hydrogen-bond acceptors (Lipinski definition) is 2. The summed E-state index contributed by atoms with van der Waals surface area (Å²) >= 11 is 0. The van der Waals surface area contributed by atoms with Crippen molar-refractivity contribution in [2.45, 2.75) is 70.5 Å². The van der Waals surface area contributed by atoms with E-state index in [1.165, 1.54) is 44.9 Å². The lowest BCUT2D eigenvalue weighted by atomic mass is 9.68. The van der Waals surface area contributed by atoms with Crippen LogP contribution < -0.4 is 0 Å². The van der Waals surface area contributed by atoms with Crippen molar-refractivity contribution in [3.63, 3.8) is 0 Å². The van der Waals surface area contributed by atoms with Gasteiger partial charge >= 0.3 is 0 Å². The number of aliphatic hydroxyl groups excluding tert-OH is 1. The molecule has 2 fully saturated rings. The van der Waals surface area contributed by atoms with Gasteiger partial charge in [-0.2, -0.15) is 0 Å². The zero-order valence-corrected chi connectivity index (χ0v) is 11.4. The Morgan fingerprint density at radius 1 is 1.12 bits per heavy atom. The first kappa shape index (κ1) is 13.4. The standard InChI is InChI=1S/C15H28O2/c1-3-11-7-8-15(16)14(9-11)12-5-4-6-13(10-12)17-2/h11-16H,3-10H2,1-2H3. The van der Waals surface area contributed by atoms with E-state index in [0.717, 1.165) is 12.3 Å². The molecule has 2 aliphatic carbocycles. The van der Waals surface area contributed by atoms with Crippen molar-refractivity contribution in [2.75, 3.05) is 7.11 Å². The Bertz CT molecular complexity index is 229. The summed E-state index contributed by atoms with van der Waals surface area (Å²) in [5.41, 5.74) is 0. The summed E-state index contributed by atoms with van der Waals surface area (Å²) < 4.78 is 5.52.